The van der Waals surface area contributed by atoms with Crippen molar-refractivity contribution in [2.75, 3.05) is 5.32 Å². The number of oxime groups is 1. The lowest BCUT2D eigenvalue weighted by Crippen LogP contribution is -2.16. The highest BCUT2D eigenvalue weighted by molar-refractivity contribution is 7.10. The van der Waals surface area contributed by atoms with E-state index in [-0.39, 0.29) is 5.91 Å². The molecule has 0 fully saturated rings. The summed E-state index contributed by atoms with van der Waals surface area (Å²) in [5.41, 5.74) is 1.83. The highest BCUT2D eigenvalue weighted by Crippen LogP contribution is 2.17. The van der Waals surface area contributed by atoms with Gasteiger partial charge in [-0.05, 0) is 24.4 Å². The molecule has 19 heavy (non-hydrogen) atoms. The molecule has 0 aliphatic carbocycles. The van der Waals surface area contributed by atoms with Crippen LogP contribution in [0, 0.1) is 0 Å². The SMILES string of the molecule is C/C(=N\O)c1ccccc1NC(=O)Cc1cccs1. The summed E-state index contributed by atoms with van der Waals surface area (Å²) in [7, 11) is 0. The lowest BCUT2D eigenvalue weighted by Gasteiger charge is -2.09. The van der Waals surface area contributed by atoms with Crippen LogP contribution in [-0.4, -0.2) is 16.8 Å². The Morgan fingerprint density at radius 1 is 1.32 bits per heavy atom. The summed E-state index contributed by atoms with van der Waals surface area (Å²) in [6.07, 6.45) is 0.349. The fraction of sp³-hybridized carbons (Fsp3) is 0.143. The maximum absolute atomic E-state index is 11.9. The first-order valence-electron chi connectivity index (χ1n) is 5.81. The minimum absolute atomic E-state index is 0.0827. The summed E-state index contributed by atoms with van der Waals surface area (Å²) in [5, 5.41) is 16.8. The van der Waals surface area contributed by atoms with Crippen molar-refractivity contribution in [1.82, 2.24) is 0 Å². The van der Waals surface area contributed by atoms with E-state index >= 15 is 0 Å². The highest BCUT2D eigenvalue weighted by Gasteiger charge is 2.09. The van der Waals surface area contributed by atoms with Gasteiger partial charge in [0.2, 0.25) is 5.91 Å². The first-order valence-corrected chi connectivity index (χ1v) is 6.69. The molecule has 1 amide bonds. The summed E-state index contributed by atoms with van der Waals surface area (Å²) < 4.78 is 0. The molecular weight excluding hydrogens is 260 g/mol. The second-order valence-corrected chi connectivity index (χ2v) is 5.07. The number of carbonyl (C=O) groups excluding carboxylic acids is 1. The van der Waals surface area contributed by atoms with Crippen LogP contribution in [0.2, 0.25) is 0 Å². The van der Waals surface area contributed by atoms with Gasteiger partial charge in [0.05, 0.1) is 12.1 Å². The predicted octanol–water partition coefficient (Wildman–Crippen LogP) is 3.13. The molecule has 2 rings (SSSR count). The van der Waals surface area contributed by atoms with E-state index in [1.807, 2.05) is 29.6 Å². The third-order valence-corrected chi connectivity index (χ3v) is 3.53. The summed E-state index contributed by atoms with van der Waals surface area (Å²) in [5.74, 6) is -0.0827. The maximum atomic E-state index is 11.9. The van der Waals surface area contributed by atoms with Crippen LogP contribution in [0.4, 0.5) is 5.69 Å². The number of hydrogen-bond donors (Lipinski definition) is 2. The van der Waals surface area contributed by atoms with Crippen LogP contribution in [0.15, 0.2) is 46.9 Å². The molecule has 0 saturated heterocycles. The van der Waals surface area contributed by atoms with Crippen molar-refractivity contribution in [2.24, 2.45) is 5.16 Å². The average Bonchev–Trinajstić information content (AvgIpc) is 2.91. The molecule has 0 radical (unpaired) electrons. The van der Waals surface area contributed by atoms with Gasteiger partial charge in [0.1, 0.15) is 0 Å². The second kappa shape index (κ2) is 6.15. The van der Waals surface area contributed by atoms with E-state index in [1.165, 1.54) is 0 Å². The Balaban J connectivity index is 2.13. The number of para-hydroxylation sites is 1. The largest absolute Gasteiger partial charge is 0.411 e. The van der Waals surface area contributed by atoms with Crippen molar-refractivity contribution in [3.8, 4) is 0 Å². The van der Waals surface area contributed by atoms with Crippen LogP contribution < -0.4 is 5.32 Å². The molecule has 0 bridgehead atoms. The van der Waals surface area contributed by atoms with Crippen molar-refractivity contribution in [2.45, 2.75) is 13.3 Å². The quantitative estimate of drug-likeness (QED) is 0.511. The topological polar surface area (TPSA) is 61.7 Å². The van der Waals surface area contributed by atoms with Crippen molar-refractivity contribution in [3.63, 3.8) is 0 Å². The van der Waals surface area contributed by atoms with E-state index in [4.69, 9.17) is 5.21 Å². The van der Waals surface area contributed by atoms with E-state index in [2.05, 4.69) is 10.5 Å². The molecule has 4 nitrogen and oxygen atoms in total. The van der Waals surface area contributed by atoms with Crippen LogP contribution in [-0.2, 0) is 11.2 Å². The number of anilines is 1. The molecule has 0 unspecified atom stereocenters. The lowest BCUT2D eigenvalue weighted by atomic mass is 10.1. The Morgan fingerprint density at radius 3 is 2.79 bits per heavy atom. The minimum Gasteiger partial charge on any atom is -0.411 e. The minimum atomic E-state index is -0.0827. The monoisotopic (exact) mass is 274 g/mol. The third kappa shape index (κ3) is 3.42. The number of amides is 1. The molecule has 0 spiro atoms. The Bertz CT molecular complexity index is 591. The number of benzene rings is 1. The molecule has 1 aromatic carbocycles. The zero-order valence-electron chi connectivity index (χ0n) is 10.5. The first kappa shape index (κ1) is 13.3. The molecule has 0 aliphatic heterocycles. The van der Waals surface area contributed by atoms with Crippen LogP contribution in [0.3, 0.4) is 0 Å². The van der Waals surface area contributed by atoms with Gasteiger partial charge in [-0.1, -0.05) is 29.4 Å². The van der Waals surface area contributed by atoms with Gasteiger partial charge in [-0.25, -0.2) is 0 Å². The smallest absolute Gasteiger partial charge is 0.229 e. The predicted molar refractivity (Wildman–Crippen MR) is 77.1 cm³/mol. The molecule has 1 aromatic heterocycles. The molecule has 2 aromatic rings. The summed E-state index contributed by atoms with van der Waals surface area (Å²) >= 11 is 1.55. The van der Waals surface area contributed by atoms with E-state index < -0.39 is 0 Å². The zero-order chi connectivity index (χ0) is 13.7. The van der Waals surface area contributed by atoms with Gasteiger partial charge in [0, 0.05) is 16.1 Å². The van der Waals surface area contributed by atoms with Gasteiger partial charge in [-0.2, -0.15) is 0 Å². The van der Waals surface area contributed by atoms with Gasteiger partial charge in [0.25, 0.3) is 0 Å². The number of thiophene rings is 1. The van der Waals surface area contributed by atoms with Gasteiger partial charge < -0.3 is 10.5 Å². The standard InChI is InChI=1S/C14H14N2O2S/c1-10(16-18)12-6-2-3-7-13(12)15-14(17)9-11-5-4-8-19-11/h2-8,18H,9H2,1H3,(H,15,17)/b16-10+. The van der Waals surface area contributed by atoms with Crippen molar-refractivity contribution < 1.29 is 10.0 Å². The van der Waals surface area contributed by atoms with Gasteiger partial charge >= 0.3 is 0 Å². The Labute approximate surface area is 115 Å². The van der Waals surface area contributed by atoms with Crippen LogP contribution in [0.25, 0.3) is 0 Å². The Morgan fingerprint density at radius 2 is 2.11 bits per heavy atom. The number of nitrogens with one attached hydrogen (secondary N) is 1. The fourth-order valence-corrected chi connectivity index (χ4v) is 2.43. The van der Waals surface area contributed by atoms with Crippen LogP contribution in [0.1, 0.15) is 17.4 Å². The fourth-order valence-electron chi connectivity index (χ4n) is 1.73. The number of carbonyl (C=O) groups is 1. The Kier molecular flexibility index (Phi) is 4.30. The van der Waals surface area contributed by atoms with Crippen LogP contribution in [0.5, 0.6) is 0 Å². The van der Waals surface area contributed by atoms with Gasteiger partial charge in [-0.3, -0.25) is 4.79 Å². The number of rotatable bonds is 4. The van der Waals surface area contributed by atoms with Gasteiger partial charge in [-0.15, -0.1) is 11.3 Å². The molecule has 0 atom stereocenters. The zero-order valence-corrected chi connectivity index (χ0v) is 11.3. The lowest BCUT2D eigenvalue weighted by molar-refractivity contribution is -0.115. The average molecular weight is 274 g/mol. The summed E-state index contributed by atoms with van der Waals surface area (Å²) in [6.45, 7) is 1.68. The second-order valence-electron chi connectivity index (χ2n) is 4.04. The van der Waals surface area contributed by atoms with E-state index in [0.29, 0.717) is 23.4 Å². The molecular formula is C14H14N2O2S. The Hall–Kier alpha value is -2.14. The molecule has 0 aliphatic rings. The maximum Gasteiger partial charge on any atom is 0.229 e. The first-order chi connectivity index (χ1) is 9.20. The molecule has 98 valence electrons. The number of hydrogen-bond acceptors (Lipinski definition) is 4. The van der Waals surface area contributed by atoms with Crippen molar-refractivity contribution in [3.05, 3.63) is 52.2 Å². The van der Waals surface area contributed by atoms with E-state index in [0.717, 1.165) is 4.88 Å². The number of nitrogens with zero attached hydrogens (tertiary/aromatic N) is 1. The summed E-state index contributed by atoms with van der Waals surface area (Å²) in [6, 6.07) is 11.1. The third-order valence-electron chi connectivity index (χ3n) is 2.66. The molecule has 0 saturated carbocycles. The van der Waals surface area contributed by atoms with E-state index in [9.17, 15) is 4.79 Å². The van der Waals surface area contributed by atoms with Crippen molar-refractivity contribution in [1.29, 1.82) is 0 Å². The van der Waals surface area contributed by atoms with Gasteiger partial charge in [0.15, 0.2) is 0 Å². The van der Waals surface area contributed by atoms with Crippen LogP contribution >= 0.6 is 11.3 Å². The highest BCUT2D eigenvalue weighted by atomic mass is 32.1. The van der Waals surface area contributed by atoms with E-state index in [1.54, 1.807) is 30.4 Å². The molecule has 1 heterocycles. The summed E-state index contributed by atoms with van der Waals surface area (Å²) in [4.78, 5) is 13.0. The van der Waals surface area contributed by atoms with Crippen molar-refractivity contribution >= 4 is 28.6 Å². The molecule has 5 heteroatoms. The molecule has 2 N–H and O–H groups in total. The normalized spacial score (nSPS) is 11.3.